The van der Waals surface area contributed by atoms with Crippen LogP contribution in [0.4, 0.5) is 9.59 Å². The van der Waals surface area contributed by atoms with E-state index >= 15 is 0 Å². The SMILES string of the molecule is O=C1OCCN1C(=O)[C@@H]1CC2C=CC1CN2C(=O)Oc1ccccc1. The minimum absolute atomic E-state index is 0.116. The first-order valence-corrected chi connectivity index (χ1v) is 8.33. The Morgan fingerprint density at radius 3 is 2.60 bits per heavy atom. The average molecular weight is 342 g/mol. The summed E-state index contributed by atoms with van der Waals surface area (Å²) in [5, 5.41) is 0. The summed E-state index contributed by atoms with van der Waals surface area (Å²) >= 11 is 0. The standard InChI is InChI=1S/C18H18N2O5/c21-16(19-8-9-24-17(19)22)15-10-13-7-6-12(15)11-20(13)18(23)25-14-4-2-1-3-5-14/h1-7,12-13,15H,8-11H2/t12?,13?,15-/m1/s1. The number of imide groups is 1. The lowest BCUT2D eigenvalue weighted by atomic mass is 9.76. The fraction of sp³-hybridized carbons (Fsp3) is 0.389. The van der Waals surface area contributed by atoms with Gasteiger partial charge in [-0.15, -0.1) is 0 Å². The summed E-state index contributed by atoms with van der Waals surface area (Å²) in [6.45, 7) is 0.956. The Bertz CT molecular complexity index is 732. The third kappa shape index (κ3) is 2.86. The van der Waals surface area contributed by atoms with Gasteiger partial charge in [0.15, 0.2) is 0 Å². The van der Waals surface area contributed by atoms with E-state index < -0.39 is 12.2 Å². The van der Waals surface area contributed by atoms with Crippen LogP contribution in [0.15, 0.2) is 42.5 Å². The highest BCUT2D eigenvalue weighted by Gasteiger charge is 2.46. The molecule has 3 heterocycles. The van der Waals surface area contributed by atoms with Crippen LogP contribution in [0.3, 0.4) is 0 Å². The topological polar surface area (TPSA) is 76.2 Å². The third-order valence-electron chi connectivity index (χ3n) is 4.93. The van der Waals surface area contributed by atoms with Crippen LogP contribution >= 0.6 is 0 Å². The lowest BCUT2D eigenvalue weighted by molar-refractivity contribution is -0.135. The lowest BCUT2D eigenvalue weighted by Gasteiger charge is -2.44. The summed E-state index contributed by atoms with van der Waals surface area (Å²) in [5.74, 6) is -0.140. The number of amides is 3. The molecule has 0 aromatic heterocycles. The Morgan fingerprint density at radius 1 is 1.16 bits per heavy atom. The normalized spacial score (nSPS) is 27.4. The minimum atomic E-state index is -0.573. The maximum Gasteiger partial charge on any atom is 0.416 e. The third-order valence-corrected chi connectivity index (χ3v) is 4.93. The molecule has 1 aliphatic carbocycles. The van der Waals surface area contributed by atoms with Crippen LogP contribution < -0.4 is 4.74 Å². The van der Waals surface area contributed by atoms with E-state index in [9.17, 15) is 14.4 Å². The molecule has 0 saturated carbocycles. The molecule has 1 aromatic rings. The highest BCUT2D eigenvalue weighted by Crippen LogP contribution is 2.36. The molecule has 5 rings (SSSR count). The number of carbonyl (C=O) groups excluding carboxylic acids is 3. The van der Waals surface area contributed by atoms with E-state index in [-0.39, 0.29) is 30.4 Å². The van der Waals surface area contributed by atoms with Gasteiger partial charge in [0, 0.05) is 18.4 Å². The van der Waals surface area contributed by atoms with E-state index in [1.165, 1.54) is 4.90 Å². The number of ether oxygens (including phenoxy) is 2. The van der Waals surface area contributed by atoms with Crippen molar-refractivity contribution in [2.45, 2.75) is 12.5 Å². The van der Waals surface area contributed by atoms with Crippen molar-refractivity contribution in [3.63, 3.8) is 0 Å². The number of carbonyl (C=O) groups is 3. The largest absolute Gasteiger partial charge is 0.447 e. The number of benzene rings is 1. The van der Waals surface area contributed by atoms with Crippen LogP contribution in [0.25, 0.3) is 0 Å². The zero-order valence-corrected chi connectivity index (χ0v) is 13.5. The molecule has 130 valence electrons. The maximum absolute atomic E-state index is 12.6. The molecule has 3 aliphatic heterocycles. The van der Waals surface area contributed by atoms with Gasteiger partial charge in [0.1, 0.15) is 12.4 Å². The Labute approximate surface area is 144 Å². The number of piperidine rings is 1. The van der Waals surface area contributed by atoms with E-state index in [0.29, 0.717) is 25.3 Å². The Kier molecular flexibility index (Phi) is 3.91. The quantitative estimate of drug-likeness (QED) is 0.769. The predicted octanol–water partition coefficient (Wildman–Crippen LogP) is 2.04. The number of rotatable bonds is 2. The second kappa shape index (κ2) is 6.23. The first-order chi connectivity index (χ1) is 12.1. The molecule has 0 N–H and O–H groups in total. The first kappa shape index (κ1) is 15.7. The van der Waals surface area contributed by atoms with E-state index in [2.05, 4.69) is 0 Å². The number of para-hydroxylation sites is 1. The van der Waals surface area contributed by atoms with Gasteiger partial charge in [-0.1, -0.05) is 30.4 Å². The van der Waals surface area contributed by atoms with E-state index in [1.54, 1.807) is 29.2 Å². The van der Waals surface area contributed by atoms with Crippen molar-refractivity contribution >= 4 is 18.1 Å². The monoisotopic (exact) mass is 342 g/mol. The van der Waals surface area contributed by atoms with E-state index in [0.717, 1.165) is 0 Å². The minimum Gasteiger partial charge on any atom is -0.447 e. The average Bonchev–Trinajstić information content (AvgIpc) is 3.08. The van der Waals surface area contributed by atoms with Crippen LogP contribution in [0, 0.1) is 11.8 Å². The molecule has 2 bridgehead atoms. The van der Waals surface area contributed by atoms with Crippen molar-refractivity contribution in [3.05, 3.63) is 42.5 Å². The molecule has 25 heavy (non-hydrogen) atoms. The first-order valence-electron chi connectivity index (χ1n) is 8.33. The van der Waals surface area contributed by atoms with Crippen LogP contribution in [-0.2, 0) is 9.53 Å². The van der Waals surface area contributed by atoms with Gasteiger partial charge in [-0.05, 0) is 18.6 Å². The summed E-state index contributed by atoms with van der Waals surface area (Å²) in [6, 6.07) is 8.70. The van der Waals surface area contributed by atoms with Crippen LogP contribution in [0.5, 0.6) is 5.75 Å². The van der Waals surface area contributed by atoms with Crippen LogP contribution in [0.1, 0.15) is 6.42 Å². The van der Waals surface area contributed by atoms with Crippen molar-refractivity contribution in [2.75, 3.05) is 19.7 Å². The van der Waals surface area contributed by atoms with Gasteiger partial charge < -0.3 is 14.4 Å². The Hall–Kier alpha value is -2.83. The van der Waals surface area contributed by atoms with Gasteiger partial charge in [0.25, 0.3) is 0 Å². The molecule has 3 amide bonds. The predicted molar refractivity (Wildman–Crippen MR) is 86.8 cm³/mol. The summed E-state index contributed by atoms with van der Waals surface area (Å²) in [7, 11) is 0. The molecular formula is C18H18N2O5. The zero-order chi connectivity index (χ0) is 17.4. The van der Waals surface area contributed by atoms with Crippen molar-refractivity contribution in [1.29, 1.82) is 0 Å². The van der Waals surface area contributed by atoms with Crippen molar-refractivity contribution in [1.82, 2.24) is 9.80 Å². The number of nitrogens with zero attached hydrogens (tertiary/aromatic N) is 2. The zero-order valence-electron chi connectivity index (χ0n) is 13.5. The lowest BCUT2D eigenvalue weighted by Crippen LogP contribution is -2.56. The molecule has 7 heteroatoms. The smallest absolute Gasteiger partial charge is 0.416 e. The molecule has 3 atom stereocenters. The number of fused-ring (bicyclic) bond motifs is 2. The molecule has 2 fully saturated rings. The summed E-state index contributed by atoms with van der Waals surface area (Å²) in [5.41, 5.74) is 0. The van der Waals surface area contributed by atoms with Gasteiger partial charge in [-0.25, -0.2) is 14.5 Å². The van der Waals surface area contributed by atoms with Gasteiger partial charge in [-0.3, -0.25) is 4.79 Å². The molecular weight excluding hydrogens is 324 g/mol. The Balaban J connectivity index is 1.44. The van der Waals surface area contributed by atoms with Gasteiger partial charge in [-0.2, -0.15) is 0 Å². The van der Waals surface area contributed by atoms with Crippen LogP contribution in [0.2, 0.25) is 0 Å². The van der Waals surface area contributed by atoms with Crippen molar-refractivity contribution < 1.29 is 23.9 Å². The molecule has 4 aliphatic rings. The summed E-state index contributed by atoms with van der Waals surface area (Å²) < 4.78 is 10.2. The number of hydrogen-bond donors (Lipinski definition) is 0. The highest BCUT2D eigenvalue weighted by atomic mass is 16.6. The second-order valence-electron chi connectivity index (χ2n) is 6.40. The van der Waals surface area contributed by atoms with Gasteiger partial charge in [0.2, 0.25) is 5.91 Å². The summed E-state index contributed by atoms with van der Waals surface area (Å²) in [6.07, 6.45) is 3.40. The van der Waals surface area contributed by atoms with Gasteiger partial charge in [0.05, 0.1) is 12.6 Å². The number of cyclic esters (lactones) is 1. The van der Waals surface area contributed by atoms with E-state index in [1.807, 2.05) is 18.2 Å². The van der Waals surface area contributed by atoms with Crippen LogP contribution in [-0.4, -0.2) is 53.6 Å². The van der Waals surface area contributed by atoms with Crippen molar-refractivity contribution in [3.8, 4) is 5.75 Å². The van der Waals surface area contributed by atoms with Crippen molar-refractivity contribution in [2.24, 2.45) is 11.8 Å². The maximum atomic E-state index is 12.6. The molecule has 7 nitrogen and oxygen atoms in total. The molecule has 1 aromatic carbocycles. The Morgan fingerprint density at radius 2 is 1.96 bits per heavy atom. The second-order valence-corrected chi connectivity index (χ2v) is 6.40. The molecule has 2 unspecified atom stereocenters. The number of hydrogen-bond acceptors (Lipinski definition) is 5. The molecule has 2 saturated heterocycles. The summed E-state index contributed by atoms with van der Waals surface area (Å²) in [4.78, 5) is 39.5. The molecule has 0 radical (unpaired) electrons. The van der Waals surface area contributed by atoms with Gasteiger partial charge >= 0.3 is 12.2 Å². The van der Waals surface area contributed by atoms with E-state index in [4.69, 9.17) is 9.47 Å². The fourth-order valence-corrected chi connectivity index (χ4v) is 3.64. The fourth-order valence-electron chi connectivity index (χ4n) is 3.64. The highest BCUT2D eigenvalue weighted by molar-refractivity contribution is 5.94. The molecule has 0 spiro atoms.